The maximum absolute atomic E-state index is 12.1. The van der Waals surface area contributed by atoms with E-state index >= 15 is 0 Å². The molecule has 0 saturated heterocycles. The van der Waals surface area contributed by atoms with E-state index in [1.807, 2.05) is 0 Å². The lowest BCUT2D eigenvalue weighted by molar-refractivity contribution is -0.385. The minimum absolute atomic E-state index is 0.0436. The molecule has 0 atom stereocenters. The number of halogens is 2. The Morgan fingerprint density at radius 1 is 1.39 bits per heavy atom. The Morgan fingerprint density at radius 2 is 2.17 bits per heavy atom. The van der Waals surface area contributed by atoms with Gasteiger partial charge in [-0.1, -0.05) is 12.1 Å². The molecule has 0 fully saturated rings. The third-order valence-corrected chi connectivity index (χ3v) is 3.03. The lowest BCUT2D eigenvalue weighted by Gasteiger charge is -2.09. The summed E-state index contributed by atoms with van der Waals surface area (Å²) in [6.45, 7) is 1.36. The summed E-state index contributed by atoms with van der Waals surface area (Å²) in [5.41, 5.74) is 1.27. The Morgan fingerprint density at radius 3 is 2.83 bits per heavy atom. The van der Waals surface area contributed by atoms with Crippen molar-refractivity contribution in [2.45, 2.75) is 19.9 Å². The van der Waals surface area contributed by atoms with E-state index < -0.39 is 18.0 Å². The highest BCUT2D eigenvalue weighted by molar-refractivity contribution is 5.47. The van der Waals surface area contributed by atoms with E-state index in [0.29, 0.717) is 23.7 Å². The van der Waals surface area contributed by atoms with Gasteiger partial charge in [0.15, 0.2) is 0 Å². The molecule has 0 unspecified atom stereocenters. The monoisotopic (exact) mass is 323 g/mol. The summed E-state index contributed by atoms with van der Waals surface area (Å²) in [6, 6.07) is 8.33. The van der Waals surface area contributed by atoms with Crippen LogP contribution in [0.3, 0.4) is 0 Å². The van der Waals surface area contributed by atoms with Gasteiger partial charge in [0.1, 0.15) is 24.4 Å². The molecule has 0 aliphatic rings. The summed E-state index contributed by atoms with van der Waals surface area (Å²) >= 11 is 0. The van der Waals surface area contributed by atoms with Crippen LogP contribution < -0.4 is 10.1 Å². The van der Waals surface area contributed by atoms with E-state index in [1.54, 1.807) is 37.3 Å². The maximum atomic E-state index is 12.1. The molecular formula is C15H15F2N3O3. The number of hydrogen-bond donors (Lipinski definition) is 1. The highest BCUT2D eigenvalue weighted by atomic mass is 19.3. The Hall–Kier alpha value is -2.77. The second-order valence-corrected chi connectivity index (χ2v) is 4.82. The highest BCUT2D eigenvalue weighted by Crippen LogP contribution is 2.20. The maximum Gasteiger partial charge on any atom is 0.290 e. The second-order valence-electron chi connectivity index (χ2n) is 4.82. The third-order valence-electron chi connectivity index (χ3n) is 3.03. The van der Waals surface area contributed by atoms with E-state index in [-0.39, 0.29) is 5.69 Å². The molecule has 0 amide bonds. The molecule has 8 heteroatoms. The zero-order chi connectivity index (χ0) is 16.8. The fourth-order valence-electron chi connectivity index (χ4n) is 1.93. The first kappa shape index (κ1) is 16.6. The van der Waals surface area contributed by atoms with Gasteiger partial charge in [0.25, 0.3) is 12.1 Å². The van der Waals surface area contributed by atoms with Gasteiger partial charge < -0.3 is 10.1 Å². The van der Waals surface area contributed by atoms with Crippen molar-refractivity contribution in [2.24, 2.45) is 0 Å². The van der Waals surface area contributed by atoms with Gasteiger partial charge in [-0.25, -0.2) is 13.8 Å². The van der Waals surface area contributed by atoms with Crippen molar-refractivity contribution >= 4 is 11.5 Å². The Labute approximate surface area is 131 Å². The molecule has 0 radical (unpaired) electrons. The van der Waals surface area contributed by atoms with Crippen LogP contribution in [0.15, 0.2) is 36.5 Å². The van der Waals surface area contributed by atoms with Crippen molar-refractivity contribution in [1.29, 1.82) is 0 Å². The zero-order valence-electron chi connectivity index (χ0n) is 12.3. The fourth-order valence-corrected chi connectivity index (χ4v) is 1.93. The molecular weight excluding hydrogens is 308 g/mol. The fraction of sp³-hybridized carbons (Fsp3) is 0.267. The molecule has 2 aromatic rings. The number of anilines is 1. The SMILES string of the molecule is Cc1cc(NCc2cccc(OCC(F)F)c2)ncc1[N+](=O)[O-]. The predicted molar refractivity (Wildman–Crippen MR) is 80.9 cm³/mol. The van der Waals surface area contributed by atoms with E-state index in [9.17, 15) is 18.9 Å². The second kappa shape index (κ2) is 7.48. The predicted octanol–water partition coefficient (Wildman–Crippen LogP) is 3.55. The van der Waals surface area contributed by atoms with Gasteiger partial charge in [-0.15, -0.1) is 0 Å². The van der Waals surface area contributed by atoms with Crippen molar-refractivity contribution in [3.63, 3.8) is 0 Å². The number of hydrogen-bond acceptors (Lipinski definition) is 5. The van der Waals surface area contributed by atoms with Crippen molar-refractivity contribution in [3.8, 4) is 5.75 Å². The van der Waals surface area contributed by atoms with Gasteiger partial charge in [-0.05, 0) is 30.7 Å². The van der Waals surface area contributed by atoms with Crippen LogP contribution in [-0.4, -0.2) is 22.9 Å². The summed E-state index contributed by atoms with van der Waals surface area (Å²) < 4.78 is 29.2. The molecule has 1 aromatic carbocycles. The molecule has 0 aliphatic carbocycles. The zero-order valence-corrected chi connectivity index (χ0v) is 12.3. The lowest BCUT2D eigenvalue weighted by atomic mass is 10.2. The number of alkyl halides is 2. The van der Waals surface area contributed by atoms with Gasteiger partial charge in [-0.2, -0.15) is 0 Å². The van der Waals surface area contributed by atoms with Crippen LogP contribution in [-0.2, 0) is 6.54 Å². The van der Waals surface area contributed by atoms with Gasteiger partial charge >= 0.3 is 0 Å². The molecule has 23 heavy (non-hydrogen) atoms. The van der Waals surface area contributed by atoms with E-state index in [2.05, 4.69) is 10.3 Å². The highest BCUT2D eigenvalue weighted by Gasteiger charge is 2.11. The van der Waals surface area contributed by atoms with E-state index in [0.717, 1.165) is 5.56 Å². The van der Waals surface area contributed by atoms with Crippen LogP contribution in [0.2, 0.25) is 0 Å². The van der Waals surface area contributed by atoms with Gasteiger partial charge in [-0.3, -0.25) is 10.1 Å². The topological polar surface area (TPSA) is 77.3 Å². The first-order chi connectivity index (χ1) is 11.0. The summed E-state index contributed by atoms with van der Waals surface area (Å²) in [5.74, 6) is 0.851. The van der Waals surface area contributed by atoms with Crippen molar-refractivity contribution < 1.29 is 18.4 Å². The molecule has 0 spiro atoms. The lowest BCUT2D eigenvalue weighted by Crippen LogP contribution is -2.07. The number of benzene rings is 1. The van der Waals surface area contributed by atoms with Crippen LogP contribution in [0.4, 0.5) is 20.3 Å². The molecule has 0 saturated carbocycles. The average molecular weight is 323 g/mol. The average Bonchev–Trinajstić information content (AvgIpc) is 2.51. The van der Waals surface area contributed by atoms with Crippen LogP contribution in [0.25, 0.3) is 0 Å². The molecule has 6 nitrogen and oxygen atoms in total. The van der Waals surface area contributed by atoms with E-state index in [4.69, 9.17) is 4.74 Å². The van der Waals surface area contributed by atoms with Crippen molar-refractivity contribution in [3.05, 3.63) is 57.8 Å². The van der Waals surface area contributed by atoms with Crippen molar-refractivity contribution in [1.82, 2.24) is 4.98 Å². The molecule has 122 valence electrons. The summed E-state index contributed by atoms with van der Waals surface area (Å²) in [5, 5.41) is 13.8. The number of aromatic nitrogens is 1. The normalized spacial score (nSPS) is 10.6. The summed E-state index contributed by atoms with van der Waals surface area (Å²) in [7, 11) is 0. The first-order valence-corrected chi connectivity index (χ1v) is 6.80. The minimum Gasteiger partial charge on any atom is -0.488 e. The number of rotatable bonds is 7. The quantitative estimate of drug-likeness (QED) is 0.623. The molecule has 2 rings (SSSR count). The third kappa shape index (κ3) is 4.87. The smallest absolute Gasteiger partial charge is 0.290 e. The molecule has 1 N–H and O–H groups in total. The van der Waals surface area contributed by atoms with E-state index in [1.165, 1.54) is 6.20 Å². The molecule has 1 aromatic heterocycles. The van der Waals surface area contributed by atoms with Crippen molar-refractivity contribution in [2.75, 3.05) is 11.9 Å². The Kier molecular flexibility index (Phi) is 5.40. The number of ether oxygens (including phenoxy) is 1. The number of nitrogens with one attached hydrogen (secondary N) is 1. The number of aryl methyl sites for hydroxylation is 1. The van der Waals surface area contributed by atoms with Crippen LogP contribution >= 0.6 is 0 Å². The summed E-state index contributed by atoms with van der Waals surface area (Å²) in [6.07, 6.45) is -1.33. The van der Waals surface area contributed by atoms with Crippen LogP contribution in [0.5, 0.6) is 5.75 Å². The van der Waals surface area contributed by atoms with Crippen LogP contribution in [0.1, 0.15) is 11.1 Å². The first-order valence-electron chi connectivity index (χ1n) is 6.80. The van der Waals surface area contributed by atoms with Gasteiger partial charge in [0.2, 0.25) is 0 Å². The summed E-state index contributed by atoms with van der Waals surface area (Å²) in [4.78, 5) is 14.2. The molecule has 0 aliphatic heterocycles. The Bertz CT molecular complexity index is 695. The van der Waals surface area contributed by atoms with Crippen LogP contribution in [0, 0.1) is 17.0 Å². The largest absolute Gasteiger partial charge is 0.488 e. The van der Waals surface area contributed by atoms with Gasteiger partial charge in [0.05, 0.1) is 4.92 Å². The number of nitro groups is 1. The van der Waals surface area contributed by atoms with Gasteiger partial charge in [0, 0.05) is 12.1 Å². The molecule has 0 bridgehead atoms. The number of pyridine rings is 1. The minimum atomic E-state index is -2.52. The number of nitrogens with zero attached hydrogens (tertiary/aromatic N) is 2. The molecule has 1 heterocycles. The Balaban J connectivity index is 1.99. The standard InChI is InChI=1S/C15H15F2N3O3/c1-10-5-15(19-8-13(10)20(21)22)18-7-11-3-2-4-12(6-11)23-9-14(16)17/h2-6,8,14H,7,9H2,1H3,(H,18,19).